The second-order valence-corrected chi connectivity index (χ2v) is 7.60. The molecular formula is C22H18F2N4O3S. The molecule has 2 aromatic heterocycles. The average Bonchev–Trinajstić information content (AvgIpc) is 3.39. The molecule has 0 atom stereocenters. The third-order valence-electron chi connectivity index (χ3n) is 4.35. The summed E-state index contributed by atoms with van der Waals surface area (Å²) in [5.74, 6) is 0.816. The molecule has 4 aromatic rings. The van der Waals surface area contributed by atoms with E-state index in [0.29, 0.717) is 22.4 Å². The summed E-state index contributed by atoms with van der Waals surface area (Å²) >= 11 is 1.24. The molecule has 1 N–H and O–H groups in total. The Morgan fingerprint density at radius 3 is 2.59 bits per heavy atom. The second-order valence-electron chi connectivity index (χ2n) is 6.66. The van der Waals surface area contributed by atoms with Gasteiger partial charge in [-0.15, -0.1) is 0 Å². The van der Waals surface area contributed by atoms with Crippen LogP contribution in [-0.2, 0) is 4.79 Å². The molecule has 0 spiro atoms. The van der Waals surface area contributed by atoms with Crippen LogP contribution >= 0.6 is 11.8 Å². The van der Waals surface area contributed by atoms with Crippen LogP contribution in [0.1, 0.15) is 5.76 Å². The number of imidazole rings is 1. The second kappa shape index (κ2) is 9.65. The van der Waals surface area contributed by atoms with Gasteiger partial charge >= 0.3 is 6.61 Å². The lowest BCUT2D eigenvalue weighted by atomic mass is 10.1. The maximum Gasteiger partial charge on any atom is 0.387 e. The highest BCUT2D eigenvalue weighted by Gasteiger charge is 2.16. The van der Waals surface area contributed by atoms with Gasteiger partial charge in [-0.3, -0.25) is 9.36 Å². The molecule has 7 nitrogen and oxygen atoms in total. The molecule has 0 radical (unpaired) electrons. The number of alkyl halides is 2. The number of carbonyl (C=O) groups is 1. The lowest BCUT2D eigenvalue weighted by Gasteiger charge is -2.13. The Kier molecular flexibility index (Phi) is 6.50. The fraction of sp³-hybridized carbons (Fsp3) is 0.136. The summed E-state index contributed by atoms with van der Waals surface area (Å²) in [6.45, 7) is -1.16. The smallest absolute Gasteiger partial charge is 0.387 e. The quantitative estimate of drug-likeness (QED) is 0.369. The summed E-state index contributed by atoms with van der Waals surface area (Å²) in [5, 5.41) is 6.98. The average molecular weight is 456 g/mol. The van der Waals surface area contributed by atoms with Crippen LogP contribution < -0.4 is 10.1 Å². The number of hydrogen-bond acceptors (Lipinski definition) is 6. The van der Waals surface area contributed by atoms with Crippen LogP contribution in [0.5, 0.6) is 5.75 Å². The van der Waals surface area contributed by atoms with E-state index >= 15 is 0 Å². The zero-order valence-corrected chi connectivity index (χ0v) is 17.7. The topological polar surface area (TPSA) is 82.2 Å². The van der Waals surface area contributed by atoms with Crippen molar-refractivity contribution in [1.29, 1.82) is 0 Å². The summed E-state index contributed by atoms with van der Waals surface area (Å²) in [6.07, 6.45) is 1.71. The van der Waals surface area contributed by atoms with Crippen molar-refractivity contribution in [2.45, 2.75) is 18.7 Å². The van der Waals surface area contributed by atoms with E-state index in [1.54, 1.807) is 31.3 Å². The van der Waals surface area contributed by atoms with E-state index in [1.165, 1.54) is 23.9 Å². The molecule has 2 aromatic carbocycles. The van der Waals surface area contributed by atoms with Crippen LogP contribution in [0, 0.1) is 6.92 Å². The van der Waals surface area contributed by atoms with Crippen molar-refractivity contribution in [1.82, 2.24) is 14.7 Å². The van der Waals surface area contributed by atoms with Gasteiger partial charge in [0.1, 0.15) is 11.5 Å². The van der Waals surface area contributed by atoms with Gasteiger partial charge in [0.15, 0.2) is 11.0 Å². The number of aromatic nitrogens is 3. The van der Waals surface area contributed by atoms with Gasteiger partial charge in [-0.1, -0.05) is 47.3 Å². The minimum atomic E-state index is -2.90. The fourth-order valence-electron chi connectivity index (χ4n) is 3.01. The number of hydrogen-bond donors (Lipinski definition) is 1. The maximum absolute atomic E-state index is 12.5. The van der Waals surface area contributed by atoms with E-state index in [-0.39, 0.29) is 17.4 Å². The largest absolute Gasteiger partial charge is 0.435 e. The lowest BCUT2D eigenvalue weighted by Crippen LogP contribution is -2.14. The molecule has 2 heterocycles. The van der Waals surface area contributed by atoms with Crippen molar-refractivity contribution in [3.63, 3.8) is 0 Å². The van der Waals surface area contributed by atoms with Gasteiger partial charge in [-0.2, -0.15) is 8.78 Å². The summed E-state index contributed by atoms with van der Waals surface area (Å²) in [6, 6.07) is 17.5. The number of amides is 1. The molecule has 0 aliphatic heterocycles. The molecule has 32 heavy (non-hydrogen) atoms. The van der Waals surface area contributed by atoms with Crippen LogP contribution in [0.15, 0.2) is 76.5 Å². The van der Waals surface area contributed by atoms with Crippen molar-refractivity contribution in [3.05, 3.63) is 72.6 Å². The van der Waals surface area contributed by atoms with Gasteiger partial charge in [0.2, 0.25) is 5.91 Å². The molecule has 0 aliphatic rings. The third-order valence-corrected chi connectivity index (χ3v) is 5.30. The zero-order chi connectivity index (χ0) is 22.5. The SMILES string of the molecule is Cc1cc(NC(=O)CSc2ncc(-c3ccccc3)n2-c2ccc(OC(F)F)cc2)no1. The third kappa shape index (κ3) is 5.14. The number of nitrogens with zero attached hydrogens (tertiary/aromatic N) is 3. The minimum Gasteiger partial charge on any atom is -0.435 e. The van der Waals surface area contributed by atoms with Crippen molar-refractivity contribution in [2.75, 3.05) is 11.1 Å². The number of halogens is 2. The molecule has 0 aliphatic carbocycles. The summed E-state index contributed by atoms with van der Waals surface area (Å²) in [5.41, 5.74) is 2.41. The Morgan fingerprint density at radius 1 is 1.19 bits per heavy atom. The molecule has 1 amide bonds. The summed E-state index contributed by atoms with van der Waals surface area (Å²) < 4.78 is 36.2. The van der Waals surface area contributed by atoms with E-state index < -0.39 is 6.61 Å². The Hall–Kier alpha value is -3.66. The molecule has 0 saturated heterocycles. The first-order chi connectivity index (χ1) is 15.5. The van der Waals surface area contributed by atoms with E-state index in [1.807, 2.05) is 34.9 Å². The van der Waals surface area contributed by atoms with Crippen molar-refractivity contribution in [2.24, 2.45) is 0 Å². The zero-order valence-electron chi connectivity index (χ0n) is 16.9. The van der Waals surface area contributed by atoms with E-state index in [4.69, 9.17) is 4.52 Å². The fourth-order valence-corrected chi connectivity index (χ4v) is 3.80. The van der Waals surface area contributed by atoms with Crippen LogP contribution in [-0.4, -0.2) is 33.0 Å². The maximum atomic E-state index is 12.5. The number of benzene rings is 2. The van der Waals surface area contributed by atoms with Crippen molar-refractivity contribution >= 4 is 23.5 Å². The predicted octanol–water partition coefficient (Wildman–Crippen LogP) is 5.17. The van der Waals surface area contributed by atoms with Gasteiger partial charge in [-0.05, 0) is 31.2 Å². The highest BCUT2D eigenvalue weighted by Crippen LogP contribution is 2.31. The number of rotatable bonds is 8. The molecule has 0 fully saturated rings. The predicted molar refractivity (Wildman–Crippen MR) is 116 cm³/mol. The Labute approximate surface area is 186 Å². The first kappa shape index (κ1) is 21.6. The summed E-state index contributed by atoms with van der Waals surface area (Å²) in [4.78, 5) is 16.8. The van der Waals surface area contributed by atoms with Gasteiger partial charge < -0.3 is 14.6 Å². The first-order valence-corrected chi connectivity index (χ1v) is 10.5. The monoisotopic (exact) mass is 456 g/mol. The van der Waals surface area contributed by atoms with E-state index in [2.05, 4.69) is 20.2 Å². The highest BCUT2D eigenvalue weighted by atomic mass is 32.2. The van der Waals surface area contributed by atoms with Gasteiger partial charge in [0, 0.05) is 17.3 Å². The number of nitrogens with one attached hydrogen (secondary N) is 1. The van der Waals surface area contributed by atoms with Crippen molar-refractivity contribution in [3.8, 4) is 22.7 Å². The van der Waals surface area contributed by atoms with Crippen LogP contribution in [0.3, 0.4) is 0 Å². The normalized spacial score (nSPS) is 11.0. The number of ether oxygens (including phenoxy) is 1. The standard InChI is InChI=1S/C22H18F2N4O3S/c1-14-11-19(27-31-14)26-20(29)13-32-22-25-12-18(15-5-3-2-4-6-15)28(22)16-7-9-17(10-8-16)30-21(23)24/h2-12,21H,13H2,1H3,(H,26,27,29). The van der Waals surface area contributed by atoms with Gasteiger partial charge in [0.05, 0.1) is 17.6 Å². The summed E-state index contributed by atoms with van der Waals surface area (Å²) in [7, 11) is 0. The molecule has 0 bridgehead atoms. The van der Waals surface area contributed by atoms with Crippen LogP contribution in [0.2, 0.25) is 0 Å². The molecule has 0 saturated carbocycles. The number of aryl methyl sites for hydroxylation is 1. The molecule has 10 heteroatoms. The molecule has 0 unspecified atom stereocenters. The molecule has 164 valence electrons. The van der Waals surface area contributed by atoms with Crippen LogP contribution in [0.25, 0.3) is 16.9 Å². The number of carbonyl (C=O) groups excluding carboxylic acids is 1. The van der Waals surface area contributed by atoms with Crippen molar-refractivity contribution < 1.29 is 22.8 Å². The van der Waals surface area contributed by atoms with Gasteiger partial charge in [-0.25, -0.2) is 4.98 Å². The Bertz CT molecular complexity index is 1190. The molecule has 4 rings (SSSR count). The Balaban J connectivity index is 1.59. The van der Waals surface area contributed by atoms with E-state index in [9.17, 15) is 13.6 Å². The first-order valence-electron chi connectivity index (χ1n) is 9.54. The van der Waals surface area contributed by atoms with Gasteiger partial charge in [0.25, 0.3) is 0 Å². The lowest BCUT2D eigenvalue weighted by molar-refractivity contribution is -0.113. The van der Waals surface area contributed by atoms with Crippen LogP contribution in [0.4, 0.5) is 14.6 Å². The number of anilines is 1. The van der Waals surface area contributed by atoms with E-state index in [0.717, 1.165) is 11.3 Å². The number of thioether (sulfide) groups is 1. The molecular weight excluding hydrogens is 438 g/mol. The Morgan fingerprint density at radius 2 is 1.94 bits per heavy atom. The minimum absolute atomic E-state index is 0.0570. The highest BCUT2D eigenvalue weighted by molar-refractivity contribution is 7.99.